The van der Waals surface area contributed by atoms with Gasteiger partial charge in [-0.2, -0.15) is 5.26 Å². The SMILES string of the molecule is CCCS(=O)(=O)c1ccccc1C(C#N)CCl. The number of nitriles is 1. The van der Waals surface area contributed by atoms with Gasteiger partial charge in [-0.25, -0.2) is 8.42 Å². The Kier molecular flexibility index (Phi) is 4.98. The van der Waals surface area contributed by atoms with Crippen LogP contribution in [-0.2, 0) is 9.84 Å². The molecule has 0 radical (unpaired) electrons. The van der Waals surface area contributed by atoms with Gasteiger partial charge in [0.25, 0.3) is 0 Å². The van der Waals surface area contributed by atoms with E-state index in [9.17, 15) is 8.42 Å². The quantitative estimate of drug-likeness (QED) is 0.774. The number of halogens is 1. The molecule has 0 aliphatic carbocycles. The molecule has 0 amide bonds. The molecular weight excluding hydrogens is 258 g/mol. The number of alkyl halides is 1. The molecule has 1 unspecified atom stereocenters. The van der Waals surface area contributed by atoms with Crippen molar-refractivity contribution >= 4 is 21.4 Å². The zero-order chi connectivity index (χ0) is 12.9. The van der Waals surface area contributed by atoms with Crippen LogP contribution in [0.15, 0.2) is 29.2 Å². The second kappa shape index (κ2) is 6.04. The molecule has 1 aromatic rings. The van der Waals surface area contributed by atoms with E-state index in [1.807, 2.05) is 13.0 Å². The van der Waals surface area contributed by atoms with Gasteiger partial charge in [-0.3, -0.25) is 0 Å². The average Bonchev–Trinajstić information content (AvgIpc) is 2.31. The van der Waals surface area contributed by atoms with Crippen LogP contribution in [0.1, 0.15) is 24.8 Å². The summed E-state index contributed by atoms with van der Waals surface area (Å²) in [5.41, 5.74) is 0.499. The highest BCUT2D eigenvalue weighted by molar-refractivity contribution is 7.91. The van der Waals surface area contributed by atoms with Crippen molar-refractivity contribution in [1.29, 1.82) is 5.26 Å². The van der Waals surface area contributed by atoms with E-state index in [4.69, 9.17) is 16.9 Å². The molecule has 0 bridgehead atoms. The second-order valence-corrected chi connectivity index (χ2v) is 6.08. The number of hydrogen-bond donors (Lipinski definition) is 0. The maximum Gasteiger partial charge on any atom is 0.178 e. The van der Waals surface area contributed by atoms with Crippen LogP contribution in [0.4, 0.5) is 0 Å². The molecule has 3 nitrogen and oxygen atoms in total. The van der Waals surface area contributed by atoms with Crippen molar-refractivity contribution in [2.75, 3.05) is 11.6 Å². The minimum absolute atomic E-state index is 0.0877. The molecule has 17 heavy (non-hydrogen) atoms. The molecule has 0 saturated carbocycles. The van der Waals surface area contributed by atoms with Gasteiger partial charge < -0.3 is 0 Å². The van der Waals surface area contributed by atoms with E-state index in [-0.39, 0.29) is 16.5 Å². The lowest BCUT2D eigenvalue weighted by Crippen LogP contribution is -2.11. The third kappa shape index (κ3) is 3.21. The van der Waals surface area contributed by atoms with Crippen molar-refractivity contribution in [3.05, 3.63) is 29.8 Å². The molecule has 1 rings (SSSR count). The Morgan fingerprint density at radius 2 is 2.06 bits per heavy atom. The fraction of sp³-hybridized carbons (Fsp3) is 0.417. The molecule has 0 N–H and O–H groups in total. The van der Waals surface area contributed by atoms with E-state index in [1.165, 1.54) is 6.07 Å². The maximum absolute atomic E-state index is 12.0. The molecule has 0 aliphatic rings. The molecule has 0 saturated heterocycles. The largest absolute Gasteiger partial charge is 0.224 e. The molecule has 1 aromatic carbocycles. The zero-order valence-electron chi connectivity index (χ0n) is 9.56. The van der Waals surface area contributed by atoms with Crippen LogP contribution in [0.5, 0.6) is 0 Å². The van der Waals surface area contributed by atoms with Crippen molar-refractivity contribution < 1.29 is 8.42 Å². The first kappa shape index (κ1) is 14.0. The first-order chi connectivity index (χ1) is 8.06. The highest BCUT2D eigenvalue weighted by atomic mass is 35.5. The Balaban J connectivity index is 3.31. The third-order valence-electron chi connectivity index (χ3n) is 2.41. The Morgan fingerprint density at radius 3 is 2.59 bits per heavy atom. The fourth-order valence-corrected chi connectivity index (χ4v) is 3.47. The standard InChI is InChI=1S/C12H14ClNO2S/c1-2-7-17(15,16)12-6-4-3-5-11(12)10(8-13)9-14/h3-6,10H,2,7-8H2,1H3. The molecule has 0 aromatic heterocycles. The smallest absolute Gasteiger partial charge is 0.178 e. The molecule has 0 heterocycles. The van der Waals surface area contributed by atoms with Crippen molar-refractivity contribution in [3.63, 3.8) is 0 Å². The summed E-state index contributed by atoms with van der Waals surface area (Å²) in [6.07, 6.45) is 0.550. The number of hydrogen-bond acceptors (Lipinski definition) is 3. The van der Waals surface area contributed by atoms with Crippen LogP contribution in [0, 0.1) is 11.3 Å². The van der Waals surface area contributed by atoms with Crippen LogP contribution in [-0.4, -0.2) is 20.1 Å². The van der Waals surface area contributed by atoms with Crippen molar-refractivity contribution in [2.24, 2.45) is 0 Å². The van der Waals surface area contributed by atoms with Gasteiger partial charge in [0, 0.05) is 5.88 Å². The Hall–Kier alpha value is -1.05. The number of rotatable bonds is 5. The number of sulfone groups is 1. The van der Waals surface area contributed by atoms with E-state index < -0.39 is 15.8 Å². The molecule has 1 atom stereocenters. The molecule has 0 fully saturated rings. The van der Waals surface area contributed by atoms with Crippen molar-refractivity contribution in [1.82, 2.24) is 0 Å². The van der Waals surface area contributed by atoms with Crippen LogP contribution in [0.2, 0.25) is 0 Å². The first-order valence-electron chi connectivity index (χ1n) is 5.34. The summed E-state index contributed by atoms with van der Waals surface area (Å²) in [7, 11) is -3.32. The third-order valence-corrected chi connectivity index (χ3v) is 4.71. The first-order valence-corrected chi connectivity index (χ1v) is 7.52. The van der Waals surface area contributed by atoms with E-state index in [0.29, 0.717) is 12.0 Å². The van der Waals surface area contributed by atoms with E-state index in [2.05, 4.69) is 0 Å². The fourth-order valence-electron chi connectivity index (χ4n) is 1.62. The van der Waals surface area contributed by atoms with Crippen LogP contribution < -0.4 is 0 Å². The van der Waals surface area contributed by atoms with Crippen LogP contribution in [0.3, 0.4) is 0 Å². The van der Waals surface area contributed by atoms with E-state index >= 15 is 0 Å². The van der Waals surface area contributed by atoms with Gasteiger partial charge in [0.05, 0.1) is 22.6 Å². The van der Waals surface area contributed by atoms with Gasteiger partial charge in [0.15, 0.2) is 9.84 Å². The summed E-state index contributed by atoms with van der Waals surface area (Å²) in [4.78, 5) is 0.231. The number of benzene rings is 1. The Labute approximate surface area is 107 Å². The van der Waals surface area contributed by atoms with Gasteiger partial charge in [-0.15, -0.1) is 11.6 Å². The lowest BCUT2D eigenvalue weighted by molar-refractivity contribution is 0.593. The minimum Gasteiger partial charge on any atom is -0.224 e. The lowest BCUT2D eigenvalue weighted by atomic mass is 10.0. The molecule has 0 aliphatic heterocycles. The topological polar surface area (TPSA) is 57.9 Å². The zero-order valence-corrected chi connectivity index (χ0v) is 11.1. The van der Waals surface area contributed by atoms with Gasteiger partial charge in [0.1, 0.15) is 0 Å². The van der Waals surface area contributed by atoms with Gasteiger partial charge in [-0.05, 0) is 18.1 Å². The highest BCUT2D eigenvalue weighted by Gasteiger charge is 2.21. The maximum atomic E-state index is 12.0. The summed E-state index contributed by atoms with van der Waals surface area (Å²) < 4.78 is 24.1. The highest BCUT2D eigenvalue weighted by Crippen LogP contribution is 2.25. The molecule has 5 heteroatoms. The van der Waals surface area contributed by atoms with Gasteiger partial charge in [0.2, 0.25) is 0 Å². The molecular formula is C12H14ClNO2S. The average molecular weight is 272 g/mol. The van der Waals surface area contributed by atoms with Crippen molar-refractivity contribution in [2.45, 2.75) is 24.2 Å². The van der Waals surface area contributed by atoms with Gasteiger partial charge >= 0.3 is 0 Å². The predicted octanol–water partition coefficient (Wildman–Crippen LogP) is 2.72. The summed E-state index contributed by atoms with van der Waals surface area (Å²) in [6.45, 7) is 1.81. The Morgan fingerprint density at radius 1 is 1.41 bits per heavy atom. The predicted molar refractivity (Wildman–Crippen MR) is 67.9 cm³/mol. The van der Waals surface area contributed by atoms with Gasteiger partial charge in [-0.1, -0.05) is 25.1 Å². The van der Waals surface area contributed by atoms with Crippen molar-refractivity contribution in [3.8, 4) is 6.07 Å². The normalized spacial score (nSPS) is 13.0. The Bertz CT molecular complexity index is 520. The lowest BCUT2D eigenvalue weighted by Gasteiger charge is -2.12. The minimum atomic E-state index is -3.32. The summed E-state index contributed by atoms with van der Waals surface area (Å²) in [5, 5.41) is 8.97. The number of nitrogens with zero attached hydrogens (tertiary/aromatic N) is 1. The summed E-state index contributed by atoms with van der Waals surface area (Å²) >= 11 is 5.68. The second-order valence-electron chi connectivity index (χ2n) is 3.69. The molecule has 0 spiro atoms. The van der Waals surface area contributed by atoms with E-state index in [1.54, 1.807) is 18.2 Å². The van der Waals surface area contributed by atoms with E-state index in [0.717, 1.165) is 0 Å². The summed E-state index contributed by atoms with van der Waals surface area (Å²) in [5.74, 6) is -0.404. The van der Waals surface area contributed by atoms with Crippen LogP contribution in [0.25, 0.3) is 0 Å². The monoisotopic (exact) mass is 271 g/mol. The van der Waals surface area contributed by atoms with Crippen LogP contribution >= 0.6 is 11.6 Å². The summed E-state index contributed by atoms with van der Waals surface area (Å²) in [6, 6.07) is 8.60. The molecule has 92 valence electrons.